The normalized spacial score (nSPS) is 12.2. The summed E-state index contributed by atoms with van der Waals surface area (Å²) in [7, 11) is 0. The first-order valence-corrected chi connectivity index (χ1v) is 29.0. The molecule has 0 bridgehead atoms. The van der Waals surface area contributed by atoms with Gasteiger partial charge < -0.3 is 20.7 Å². The number of hydrogen-bond donors (Lipinski definition) is 4. The van der Waals surface area contributed by atoms with E-state index >= 15 is 0 Å². The van der Waals surface area contributed by atoms with Crippen LogP contribution in [0.5, 0.6) is 5.75 Å². The minimum atomic E-state index is -0.843. The quantitative estimate of drug-likeness (QED) is 0.0215. The van der Waals surface area contributed by atoms with E-state index in [2.05, 4.69) is 81.6 Å². The second-order valence-electron chi connectivity index (χ2n) is 20.0. The molecule has 5 aromatic rings. The number of anilines is 4. The van der Waals surface area contributed by atoms with Crippen molar-refractivity contribution in [3.8, 4) is 11.4 Å². The minimum Gasteiger partial charge on any atom is -0.480 e. The van der Waals surface area contributed by atoms with Gasteiger partial charge in [0.1, 0.15) is 22.2 Å². The summed E-state index contributed by atoms with van der Waals surface area (Å²) in [6.45, 7) is 17.3. The predicted octanol–water partition coefficient (Wildman–Crippen LogP) is 19.6. The molecule has 398 valence electrons. The summed E-state index contributed by atoms with van der Waals surface area (Å²) in [6, 6.07) is 18.5. The first kappa shape index (κ1) is 60.4. The fourth-order valence-electron chi connectivity index (χ4n) is 8.34. The zero-order valence-corrected chi connectivity index (χ0v) is 49.0. The lowest BCUT2D eigenvalue weighted by Gasteiger charge is -2.31. The summed E-state index contributed by atoms with van der Waals surface area (Å²) < 4.78 is 7.72. The monoisotopic (exact) mass is 1130 g/mol. The van der Waals surface area contributed by atoms with Crippen molar-refractivity contribution in [2.24, 2.45) is 0 Å². The topological polar surface area (TPSA) is 117 Å². The number of para-hydroxylation sites is 1. The Balaban J connectivity index is 1.37. The molecule has 0 saturated carbocycles. The molecule has 2 amide bonds. The average molecular weight is 1140 g/mol. The first-order chi connectivity index (χ1) is 34.8. The molecule has 1 aromatic heterocycles. The van der Waals surface area contributed by atoms with Crippen LogP contribution in [0.15, 0.2) is 75.2 Å². The number of hydrogen-bond acceptors (Lipinski definition) is 6. The van der Waals surface area contributed by atoms with Crippen molar-refractivity contribution in [3.05, 3.63) is 112 Å². The molecule has 4 N–H and O–H groups in total. The third-order valence-electron chi connectivity index (χ3n) is 13.8. The first-order valence-electron chi connectivity index (χ1n) is 25.9. The van der Waals surface area contributed by atoms with Crippen LogP contribution in [-0.2, 0) is 20.4 Å². The molecule has 4 aromatic carbocycles. The zero-order valence-electron chi connectivity index (χ0n) is 43.6. The fraction of sp³-hybridized carbons (Fsp3) is 0.491. The molecule has 0 saturated heterocycles. The number of unbranched alkanes of at least 4 members (excludes halogenated alkanes) is 12. The lowest BCUT2D eigenvalue weighted by atomic mass is 9.76. The van der Waals surface area contributed by atoms with Crippen molar-refractivity contribution in [2.75, 3.05) is 16.0 Å². The Labute approximate surface area is 467 Å². The van der Waals surface area contributed by atoms with Gasteiger partial charge in [0.2, 0.25) is 5.91 Å². The van der Waals surface area contributed by atoms with Gasteiger partial charge in [-0.05, 0) is 78.5 Å². The zero-order chi connectivity index (χ0) is 53.5. The molecule has 0 aliphatic heterocycles. The van der Waals surface area contributed by atoms with Crippen LogP contribution in [0.25, 0.3) is 5.69 Å². The molecule has 1 unspecified atom stereocenters. The Morgan fingerprint density at radius 3 is 1.84 bits per heavy atom. The van der Waals surface area contributed by atoms with Crippen molar-refractivity contribution in [2.45, 2.75) is 191 Å². The maximum atomic E-state index is 14.7. The molecule has 0 aliphatic rings. The molecule has 1 atom stereocenters. The second-order valence-corrected chi connectivity index (χ2v) is 23.4. The van der Waals surface area contributed by atoms with Crippen LogP contribution in [0, 0.1) is 0 Å². The van der Waals surface area contributed by atoms with Gasteiger partial charge in [0.15, 0.2) is 6.10 Å². The van der Waals surface area contributed by atoms with Crippen LogP contribution in [0.3, 0.4) is 0 Å². The second kappa shape index (κ2) is 28.6. The number of carbonyl (C=O) groups is 2. The van der Waals surface area contributed by atoms with E-state index in [0.29, 0.717) is 45.6 Å². The summed E-state index contributed by atoms with van der Waals surface area (Å²) in [5, 5.41) is 12.2. The number of carbonyl (C=O) groups excluding carboxylic acids is 2. The number of benzene rings is 4. The predicted molar refractivity (Wildman–Crippen MR) is 312 cm³/mol. The fourth-order valence-corrected chi connectivity index (χ4v) is 10.8. The molecule has 16 heteroatoms. The number of ether oxygens (including phenoxy) is 1. The number of aromatic amines is 1. The summed E-state index contributed by atoms with van der Waals surface area (Å²) in [4.78, 5) is 42.8. The van der Waals surface area contributed by atoms with E-state index in [9.17, 15) is 14.4 Å². The standard InChI is InChI=1S/C57H73Cl6N5O4S/c1-9-13-14-15-16-17-18-19-20-21-22-23-24-29-45(69)64-37-31-32-39(58)41(35-37)65-53-52(55(71)68(67-53)51-49(62)47(60)46(59)48(61)50(51)63)73-44-28-26-25-27-40(44)66-54(70)42(10-2)72-43-33-30-36(56(5,6)11-3)34-38(43)57(7,8)12-4/h25-28,30-35,42,65,67H,9-24,29H2,1-8H3,(H,64,69)(H,66,70). The van der Waals surface area contributed by atoms with Gasteiger partial charge in [0.25, 0.3) is 11.5 Å². The maximum Gasteiger partial charge on any atom is 0.287 e. The molecule has 0 spiro atoms. The lowest BCUT2D eigenvalue weighted by Crippen LogP contribution is -2.33. The maximum absolute atomic E-state index is 14.7. The third kappa shape index (κ3) is 16.3. The van der Waals surface area contributed by atoms with Crippen molar-refractivity contribution >= 4 is 116 Å². The van der Waals surface area contributed by atoms with E-state index in [4.69, 9.17) is 74.3 Å². The van der Waals surface area contributed by atoms with Gasteiger partial charge in [0, 0.05) is 22.6 Å². The molecule has 5 rings (SSSR count). The van der Waals surface area contributed by atoms with Gasteiger partial charge in [-0.2, -0.15) is 0 Å². The summed E-state index contributed by atoms with van der Waals surface area (Å²) in [6.07, 6.45) is 17.7. The van der Waals surface area contributed by atoms with Crippen LogP contribution in [0.2, 0.25) is 30.1 Å². The highest BCUT2D eigenvalue weighted by atomic mass is 35.5. The van der Waals surface area contributed by atoms with Crippen LogP contribution in [-0.4, -0.2) is 27.7 Å². The van der Waals surface area contributed by atoms with Crippen molar-refractivity contribution in [1.82, 2.24) is 9.78 Å². The number of nitrogens with one attached hydrogen (secondary N) is 4. The number of aromatic nitrogens is 2. The molecule has 0 fully saturated rings. The van der Waals surface area contributed by atoms with Crippen LogP contribution in [0.1, 0.15) is 176 Å². The Bertz CT molecular complexity index is 2690. The minimum absolute atomic E-state index is 0.0371. The highest BCUT2D eigenvalue weighted by Gasteiger charge is 2.30. The molecular weight excluding hydrogens is 1060 g/mol. The molecule has 0 aliphatic carbocycles. The van der Waals surface area contributed by atoms with Gasteiger partial charge in [0.05, 0.1) is 41.5 Å². The third-order valence-corrected chi connectivity index (χ3v) is 17.6. The van der Waals surface area contributed by atoms with Crippen LogP contribution < -0.4 is 26.2 Å². The van der Waals surface area contributed by atoms with E-state index in [1.807, 2.05) is 13.0 Å². The van der Waals surface area contributed by atoms with E-state index in [-0.39, 0.29) is 64.2 Å². The highest BCUT2D eigenvalue weighted by molar-refractivity contribution is 7.99. The number of amides is 2. The van der Waals surface area contributed by atoms with Gasteiger partial charge in [-0.3, -0.25) is 19.5 Å². The Morgan fingerprint density at radius 1 is 0.671 bits per heavy atom. The van der Waals surface area contributed by atoms with Gasteiger partial charge >= 0.3 is 0 Å². The van der Waals surface area contributed by atoms with Gasteiger partial charge in [-0.1, -0.05) is 238 Å². The summed E-state index contributed by atoms with van der Waals surface area (Å²) in [5.74, 6) is 0.370. The number of rotatable bonds is 29. The SMILES string of the molecule is CCCCCCCCCCCCCCCC(=O)Nc1ccc(Cl)c(Nc2[nH]n(-c3c(Cl)c(Cl)c(Cl)c(Cl)c3Cl)c(=O)c2Sc2ccccc2NC(=O)C(CC)Oc2ccc(C(C)(C)CC)cc2C(C)(C)CC)c1. The number of H-pyrrole nitrogens is 1. The van der Waals surface area contributed by atoms with E-state index in [0.717, 1.165) is 54.1 Å². The van der Waals surface area contributed by atoms with Gasteiger partial charge in [-0.25, -0.2) is 4.68 Å². The Hall–Kier alpha value is -3.48. The Kier molecular flexibility index (Phi) is 23.7. The number of halogens is 6. The highest BCUT2D eigenvalue weighted by Crippen LogP contribution is 2.47. The molecule has 1 heterocycles. The van der Waals surface area contributed by atoms with Crippen molar-refractivity contribution in [3.63, 3.8) is 0 Å². The van der Waals surface area contributed by atoms with Crippen LogP contribution in [0.4, 0.5) is 22.9 Å². The smallest absolute Gasteiger partial charge is 0.287 e. The van der Waals surface area contributed by atoms with Crippen LogP contribution >= 0.6 is 81.4 Å². The van der Waals surface area contributed by atoms with E-state index < -0.39 is 11.7 Å². The van der Waals surface area contributed by atoms with E-state index in [1.165, 1.54) is 69.8 Å². The summed E-state index contributed by atoms with van der Waals surface area (Å²) >= 11 is 40.7. The Morgan fingerprint density at radius 2 is 1.25 bits per heavy atom. The lowest BCUT2D eigenvalue weighted by molar-refractivity contribution is -0.123. The largest absolute Gasteiger partial charge is 0.480 e. The van der Waals surface area contributed by atoms with Crippen molar-refractivity contribution < 1.29 is 14.3 Å². The van der Waals surface area contributed by atoms with E-state index in [1.54, 1.807) is 42.5 Å². The molecule has 9 nitrogen and oxygen atoms in total. The molecule has 73 heavy (non-hydrogen) atoms. The molecular formula is C57H73Cl6N5O4S. The summed E-state index contributed by atoms with van der Waals surface area (Å²) in [5.41, 5.74) is 2.69. The number of nitrogens with zero attached hydrogens (tertiary/aromatic N) is 1. The molecule has 0 radical (unpaired) electrons. The average Bonchev–Trinajstić information content (AvgIpc) is 3.66. The van der Waals surface area contributed by atoms with Crippen molar-refractivity contribution in [1.29, 1.82) is 0 Å². The van der Waals surface area contributed by atoms with Gasteiger partial charge in [-0.15, -0.1) is 0 Å².